The first-order valence-electron chi connectivity index (χ1n) is 9.64. The van der Waals surface area contributed by atoms with E-state index in [0.717, 1.165) is 55.6 Å². The van der Waals surface area contributed by atoms with Gasteiger partial charge in [-0.2, -0.15) is 0 Å². The van der Waals surface area contributed by atoms with Gasteiger partial charge in [0.2, 0.25) is 5.95 Å². The second-order valence-corrected chi connectivity index (χ2v) is 7.01. The number of pyridine rings is 1. The van der Waals surface area contributed by atoms with E-state index in [4.69, 9.17) is 4.98 Å². The Labute approximate surface area is 164 Å². The molecule has 3 aromatic heterocycles. The highest BCUT2D eigenvalue weighted by Gasteiger charge is 2.22. The van der Waals surface area contributed by atoms with Crippen molar-refractivity contribution in [2.24, 2.45) is 0 Å². The lowest BCUT2D eigenvalue weighted by atomic mass is 10.1. The van der Waals surface area contributed by atoms with Crippen molar-refractivity contribution in [1.29, 1.82) is 0 Å². The van der Waals surface area contributed by atoms with E-state index in [1.807, 2.05) is 18.2 Å². The van der Waals surface area contributed by atoms with Crippen LogP contribution in [0.5, 0.6) is 0 Å². The average Bonchev–Trinajstić information content (AvgIpc) is 3.14. The van der Waals surface area contributed by atoms with Crippen molar-refractivity contribution in [2.75, 3.05) is 31.1 Å². The fourth-order valence-corrected chi connectivity index (χ4v) is 3.80. The summed E-state index contributed by atoms with van der Waals surface area (Å²) in [6, 6.07) is 18.5. The Balaban J connectivity index is 1.40. The molecule has 5 rings (SSSR count). The summed E-state index contributed by atoms with van der Waals surface area (Å²) in [6.45, 7) is 4.70. The minimum absolute atomic E-state index is 0.821. The Kier molecular flexibility index (Phi) is 4.47. The van der Waals surface area contributed by atoms with Crippen molar-refractivity contribution in [3.63, 3.8) is 0 Å². The van der Waals surface area contributed by atoms with Gasteiger partial charge in [-0.05, 0) is 18.2 Å². The van der Waals surface area contributed by atoms with Crippen molar-refractivity contribution in [1.82, 2.24) is 24.3 Å². The van der Waals surface area contributed by atoms with E-state index >= 15 is 0 Å². The van der Waals surface area contributed by atoms with E-state index in [1.165, 1.54) is 5.69 Å². The first-order chi connectivity index (χ1) is 13.9. The normalized spacial score (nSPS) is 15.2. The highest BCUT2D eigenvalue weighted by atomic mass is 15.3. The van der Waals surface area contributed by atoms with Gasteiger partial charge in [0.25, 0.3) is 0 Å². The zero-order valence-electron chi connectivity index (χ0n) is 15.6. The third kappa shape index (κ3) is 3.23. The van der Waals surface area contributed by atoms with Gasteiger partial charge in [0.05, 0.1) is 11.4 Å². The SMILES string of the molecule is c1ccc(-c2nc3ccccn3c2CN2CCN(c3ncccn3)CC2)cc1. The molecule has 0 saturated carbocycles. The van der Waals surface area contributed by atoms with Gasteiger partial charge < -0.3 is 9.30 Å². The predicted octanol–water partition coefficient (Wildman–Crippen LogP) is 3.11. The quantitative estimate of drug-likeness (QED) is 0.552. The second kappa shape index (κ2) is 7.40. The lowest BCUT2D eigenvalue weighted by Gasteiger charge is -2.34. The second-order valence-electron chi connectivity index (χ2n) is 7.01. The average molecular weight is 370 g/mol. The number of aromatic nitrogens is 4. The number of nitrogens with zero attached hydrogens (tertiary/aromatic N) is 6. The maximum Gasteiger partial charge on any atom is 0.225 e. The number of hydrogen-bond acceptors (Lipinski definition) is 5. The molecule has 28 heavy (non-hydrogen) atoms. The molecule has 0 spiro atoms. The van der Waals surface area contributed by atoms with Crippen LogP contribution in [-0.4, -0.2) is 50.4 Å². The van der Waals surface area contributed by atoms with E-state index in [0.29, 0.717) is 0 Å². The molecule has 0 N–H and O–H groups in total. The van der Waals surface area contributed by atoms with Crippen LogP contribution in [0.2, 0.25) is 0 Å². The van der Waals surface area contributed by atoms with Gasteiger partial charge in [-0.25, -0.2) is 15.0 Å². The largest absolute Gasteiger partial charge is 0.338 e. The molecule has 0 bridgehead atoms. The topological polar surface area (TPSA) is 49.6 Å². The molecule has 1 saturated heterocycles. The smallest absolute Gasteiger partial charge is 0.225 e. The van der Waals surface area contributed by atoms with Gasteiger partial charge in [0.15, 0.2) is 0 Å². The van der Waals surface area contributed by atoms with Crippen molar-refractivity contribution in [2.45, 2.75) is 6.54 Å². The molecule has 1 aliphatic rings. The minimum atomic E-state index is 0.821. The summed E-state index contributed by atoms with van der Waals surface area (Å²) in [4.78, 5) is 18.4. The fraction of sp³-hybridized carbons (Fsp3) is 0.227. The van der Waals surface area contributed by atoms with Crippen LogP contribution < -0.4 is 4.90 Å². The Hall–Kier alpha value is -3.25. The lowest BCUT2D eigenvalue weighted by molar-refractivity contribution is 0.245. The number of rotatable bonds is 4. The molecule has 1 aliphatic heterocycles. The van der Waals surface area contributed by atoms with E-state index < -0.39 is 0 Å². The number of anilines is 1. The molecule has 1 fully saturated rings. The summed E-state index contributed by atoms with van der Waals surface area (Å²) < 4.78 is 2.22. The summed E-state index contributed by atoms with van der Waals surface area (Å²) in [5, 5.41) is 0. The van der Waals surface area contributed by atoms with Crippen LogP contribution >= 0.6 is 0 Å². The van der Waals surface area contributed by atoms with Crippen LogP contribution in [0, 0.1) is 0 Å². The van der Waals surface area contributed by atoms with Gasteiger partial charge in [-0.3, -0.25) is 4.90 Å². The van der Waals surface area contributed by atoms with Crippen LogP contribution in [0.3, 0.4) is 0 Å². The van der Waals surface area contributed by atoms with E-state index in [2.05, 4.69) is 66.8 Å². The Morgan fingerprint density at radius 3 is 2.32 bits per heavy atom. The maximum atomic E-state index is 4.92. The Morgan fingerprint density at radius 1 is 0.786 bits per heavy atom. The number of fused-ring (bicyclic) bond motifs is 1. The molecular weight excluding hydrogens is 348 g/mol. The number of benzene rings is 1. The Bertz CT molecular complexity index is 1050. The molecule has 140 valence electrons. The number of piperazine rings is 1. The molecule has 4 heterocycles. The maximum absolute atomic E-state index is 4.92. The molecule has 0 radical (unpaired) electrons. The molecule has 6 nitrogen and oxygen atoms in total. The number of hydrogen-bond donors (Lipinski definition) is 0. The van der Waals surface area contributed by atoms with E-state index in [-0.39, 0.29) is 0 Å². The van der Waals surface area contributed by atoms with Gasteiger partial charge in [0.1, 0.15) is 5.65 Å². The molecular formula is C22H22N6. The molecule has 0 amide bonds. The van der Waals surface area contributed by atoms with Gasteiger partial charge in [-0.1, -0.05) is 36.4 Å². The zero-order valence-corrected chi connectivity index (χ0v) is 15.6. The van der Waals surface area contributed by atoms with Gasteiger partial charge in [-0.15, -0.1) is 0 Å². The molecule has 0 aliphatic carbocycles. The first kappa shape index (κ1) is 16.9. The van der Waals surface area contributed by atoms with Gasteiger partial charge >= 0.3 is 0 Å². The first-order valence-corrected chi connectivity index (χ1v) is 9.64. The fourth-order valence-electron chi connectivity index (χ4n) is 3.80. The van der Waals surface area contributed by atoms with Crippen molar-refractivity contribution >= 4 is 11.6 Å². The molecule has 0 unspecified atom stereocenters. The highest BCUT2D eigenvalue weighted by Crippen LogP contribution is 2.26. The Morgan fingerprint density at radius 2 is 1.54 bits per heavy atom. The monoisotopic (exact) mass is 370 g/mol. The molecule has 1 aromatic carbocycles. The summed E-state index contributed by atoms with van der Waals surface area (Å²) in [7, 11) is 0. The zero-order chi connectivity index (χ0) is 18.8. The predicted molar refractivity (Wildman–Crippen MR) is 110 cm³/mol. The third-order valence-electron chi connectivity index (χ3n) is 5.26. The van der Waals surface area contributed by atoms with Crippen LogP contribution in [-0.2, 0) is 6.54 Å². The third-order valence-corrected chi connectivity index (χ3v) is 5.26. The number of imidazole rings is 1. The summed E-state index contributed by atoms with van der Waals surface area (Å²) >= 11 is 0. The van der Waals surface area contributed by atoms with Crippen LogP contribution in [0.25, 0.3) is 16.9 Å². The van der Waals surface area contributed by atoms with Crippen LogP contribution in [0.1, 0.15) is 5.69 Å². The summed E-state index contributed by atoms with van der Waals surface area (Å²) in [5.41, 5.74) is 4.47. The highest BCUT2D eigenvalue weighted by molar-refractivity contribution is 5.66. The molecule has 0 atom stereocenters. The molecule has 6 heteroatoms. The van der Waals surface area contributed by atoms with Crippen LogP contribution in [0.15, 0.2) is 73.2 Å². The standard InChI is InChI=1S/C22H22N6/c1-2-7-18(8-3-1)21-19(28-12-5-4-9-20(28)25-21)17-26-13-15-27(16-14-26)22-23-10-6-11-24-22/h1-12H,13-17H2. The minimum Gasteiger partial charge on any atom is -0.338 e. The molecule has 4 aromatic rings. The summed E-state index contributed by atoms with van der Waals surface area (Å²) in [6.07, 6.45) is 5.72. The summed E-state index contributed by atoms with van der Waals surface area (Å²) in [5.74, 6) is 0.821. The van der Waals surface area contributed by atoms with Gasteiger partial charge in [0, 0.05) is 56.9 Å². The van der Waals surface area contributed by atoms with E-state index in [9.17, 15) is 0 Å². The lowest BCUT2D eigenvalue weighted by Crippen LogP contribution is -2.46. The van der Waals surface area contributed by atoms with Crippen LogP contribution in [0.4, 0.5) is 5.95 Å². The van der Waals surface area contributed by atoms with E-state index in [1.54, 1.807) is 12.4 Å². The van der Waals surface area contributed by atoms with Crippen molar-refractivity contribution in [3.8, 4) is 11.3 Å². The van der Waals surface area contributed by atoms with Crippen molar-refractivity contribution in [3.05, 3.63) is 78.9 Å². The van der Waals surface area contributed by atoms with Crippen molar-refractivity contribution < 1.29 is 0 Å².